The predicted molar refractivity (Wildman–Crippen MR) is 59.3 cm³/mol. The van der Waals surface area contributed by atoms with Crippen LogP contribution in [-0.2, 0) is 4.79 Å². The maximum absolute atomic E-state index is 10.2. The van der Waals surface area contributed by atoms with E-state index in [9.17, 15) is 4.79 Å². The minimum absolute atomic E-state index is 0.243. The Morgan fingerprint density at radius 2 is 2.29 bits per heavy atom. The highest BCUT2D eigenvalue weighted by molar-refractivity contribution is 7.19. The molecule has 0 aliphatic heterocycles. The van der Waals surface area contributed by atoms with Crippen molar-refractivity contribution in [1.29, 1.82) is 0 Å². The van der Waals surface area contributed by atoms with E-state index < -0.39 is 5.97 Å². The summed E-state index contributed by atoms with van der Waals surface area (Å²) < 4.78 is 0.762. The van der Waals surface area contributed by atoms with Crippen LogP contribution in [0, 0.1) is 0 Å². The largest absolute Gasteiger partial charge is 0.481 e. The molecule has 0 amide bonds. The smallest absolute Gasteiger partial charge is 0.303 e. The number of carbonyl (C=O) groups is 1. The molecule has 2 N–H and O–H groups in total. The van der Waals surface area contributed by atoms with Crippen molar-refractivity contribution in [1.82, 2.24) is 0 Å². The highest BCUT2D eigenvalue weighted by Gasteiger charge is 1.98. The number of rotatable bonds is 6. The molecule has 1 heterocycles. The van der Waals surface area contributed by atoms with Crippen molar-refractivity contribution < 1.29 is 9.90 Å². The number of hydrogen-bond donors (Lipinski definition) is 2. The van der Waals surface area contributed by atoms with Crippen LogP contribution in [0.3, 0.4) is 0 Å². The van der Waals surface area contributed by atoms with E-state index in [2.05, 4.69) is 5.32 Å². The number of carboxylic acids is 1. The first kappa shape index (κ1) is 11.3. The van der Waals surface area contributed by atoms with E-state index in [1.165, 1.54) is 11.3 Å². The number of hydrogen-bond acceptors (Lipinski definition) is 3. The zero-order valence-corrected chi connectivity index (χ0v) is 9.20. The van der Waals surface area contributed by atoms with Crippen LogP contribution in [0.4, 0.5) is 5.00 Å². The number of aliphatic carboxylic acids is 1. The fourth-order valence-corrected chi connectivity index (χ4v) is 1.99. The molecule has 14 heavy (non-hydrogen) atoms. The fourth-order valence-electron chi connectivity index (χ4n) is 1.02. The van der Waals surface area contributed by atoms with Crippen LogP contribution in [0.15, 0.2) is 12.1 Å². The Kier molecular flexibility index (Phi) is 4.76. The van der Waals surface area contributed by atoms with Gasteiger partial charge in [-0.2, -0.15) is 0 Å². The van der Waals surface area contributed by atoms with Crippen LogP contribution < -0.4 is 5.32 Å². The molecule has 0 saturated carbocycles. The van der Waals surface area contributed by atoms with Crippen LogP contribution in [0.1, 0.15) is 19.3 Å². The van der Waals surface area contributed by atoms with Gasteiger partial charge >= 0.3 is 5.97 Å². The molecule has 0 spiro atoms. The van der Waals surface area contributed by atoms with E-state index in [1.54, 1.807) is 0 Å². The van der Waals surface area contributed by atoms with Gasteiger partial charge in [0, 0.05) is 13.0 Å². The zero-order chi connectivity index (χ0) is 10.4. The molecule has 0 saturated heterocycles. The van der Waals surface area contributed by atoms with Crippen molar-refractivity contribution in [3.05, 3.63) is 16.5 Å². The average Bonchev–Trinajstić information content (AvgIpc) is 2.50. The summed E-state index contributed by atoms with van der Waals surface area (Å²) in [6.07, 6.45) is 1.82. The molecule has 1 aromatic heterocycles. The van der Waals surface area contributed by atoms with Gasteiger partial charge in [-0.15, -0.1) is 11.3 Å². The summed E-state index contributed by atoms with van der Waals surface area (Å²) in [6, 6.07) is 3.76. The second-order valence-electron chi connectivity index (χ2n) is 2.88. The Bertz CT molecular complexity index is 301. The van der Waals surface area contributed by atoms with Gasteiger partial charge in [-0.1, -0.05) is 11.6 Å². The standard InChI is InChI=1S/C9H12ClNO2S/c10-7-4-5-8(14-7)11-6-2-1-3-9(12)13/h4-5,11H,1-3,6H2,(H,12,13). The fraction of sp³-hybridized carbons (Fsp3) is 0.444. The van der Waals surface area contributed by atoms with Gasteiger partial charge in [0.05, 0.1) is 9.34 Å². The normalized spacial score (nSPS) is 10.1. The summed E-state index contributed by atoms with van der Waals surface area (Å²) in [6.45, 7) is 0.796. The van der Waals surface area contributed by atoms with Crippen molar-refractivity contribution >= 4 is 33.9 Å². The molecule has 78 valence electrons. The number of carboxylic acid groups (broad SMARTS) is 1. The van der Waals surface area contributed by atoms with E-state index in [0.29, 0.717) is 6.42 Å². The number of unbranched alkanes of at least 4 members (excludes halogenated alkanes) is 1. The minimum Gasteiger partial charge on any atom is -0.481 e. The molecule has 0 aliphatic carbocycles. The Balaban J connectivity index is 2.07. The first-order valence-corrected chi connectivity index (χ1v) is 5.59. The van der Waals surface area contributed by atoms with Gasteiger partial charge in [-0.3, -0.25) is 4.79 Å². The molecule has 0 fully saturated rings. The van der Waals surface area contributed by atoms with Crippen molar-refractivity contribution in [2.75, 3.05) is 11.9 Å². The van der Waals surface area contributed by atoms with Gasteiger partial charge in [-0.05, 0) is 25.0 Å². The van der Waals surface area contributed by atoms with Crippen LogP contribution in [-0.4, -0.2) is 17.6 Å². The van der Waals surface area contributed by atoms with E-state index in [0.717, 1.165) is 22.3 Å². The maximum atomic E-state index is 10.2. The average molecular weight is 234 g/mol. The molecule has 0 bridgehead atoms. The van der Waals surface area contributed by atoms with Gasteiger partial charge < -0.3 is 10.4 Å². The minimum atomic E-state index is -0.732. The molecule has 1 aromatic rings. The van der Waals surface area contributed by atoms with Gasteiger partial charge in [0.15, 0.2) is 0 Å². The van der Waals surface area contributed by atoms with Gasteiger partial charge in [0.1, 0.15) is 0 Å². The molecule has 5 heteroatoms. The summed E-state index contributed by atoms with van der Waals surface area (Å²) >= 11 is 7.23. The molecule has 0 atom stereocenters. The molecule has 0 aliphatic rings. The predicted octanol–water partition coefficient (Wildman–Crippen LogP) is 3.07. The first-order valence-electron chi connectivity index (χ1n) is 4.39. The topological polar surface area (TPSA) is 49.3 Å². The highest BCUT2D eigenvalue weighted by atomic mass is 35.5. The van der Waals surface area contributed by atoms with E-state index in [-0.39, 0.29) is 6.42 Å². The third kappa shape index (κ3) is 4.48. The van der Waals surface area contributed by atoms with Crippen molar-refractivity contribution in [2.45, 2.75) is 19.3 Å². The summed E-state index contributed by atoms with van der Waals surface area (Å²) in [5.41, 5.74) is 0. The summed E-state index contributed by atoms with van der Waals surface area (Å²) in [7, 11) is 0. The van der Waals surface area contributed by atoms with E-state index in [1.807, 2.05) is 12.1 Å². The molecular weight excluding hydrogens is 222 g/mol. The van der Waals surface area contributed by atoms with Gasteiger partial charge in [0.25, 0.3) is 0 Å². The van der Waals surface area contributed by atoms with Crippen LogP contribution >= 0.6 is 22.9 Å². The lowest BCUT2D eigenvalue weighted by atomic mass is 10.2. The number of thiophene rings is 1. The third-order valence-electron chi connectivity index (χ3n) is 1.69. The SMILES string of the molecule is O=C(O)CCCCNc1ccc(Cl)s1. The molecule has 3 nitrogen and oxygen atoms in total. The molecular formula is C9H12ClNO2S. The summed E-state index contributed by atoms with van der Waals surface area (Å²) in [5.74, 6) is -0.732. The lowest BCUT2D eigenvalue weighted by molar-refractivity contribution is -0.137. The third-order valence-corrected chi connectivity index (χ3v) is 2.88. The number of halogens is 1. The lowest BCUT2D eigenvalue weighted by Crippen LogP contribution is -2.01. The summed E-state index contributed by atoms with van der Waals surface area (Å²) in [4.78, 5) is 10.2. The van der Waals surface area contributed by atoms with Crippen molar-refractivity contribution in [3.63, 3.8) is 0 Å². The quantitative estimate of drug-likeness (QED) is 0.743. The second-order valence-corrected chi connectivity index (χ2v) is 4.60. The van der Waals surface area contributed by atoms with Crippen LogP contribution in [0.25, 0.3) is 0 Å². The Morgan fingerprint density at radius 1 is 1.50 bits per heavy atom. The number of anilines is 1. The Hall–Kier alpha value is -0.740. The van der Waals surface area contributed by atoms with Crippen LogP contribution in [0.2, 0.25) is 4.34 Å². The highest BCUT2D eigenvalue weighted by Crippen LogP contribution is 2.25. The molecule has 1 rings (SSSR count). The van der Waals surface area contributed by atoms with Gasteiger partial charge in [0.2, 0.25) is 0 Å². The Morgan fingerprint density at radius 3 is 2.86 bits per heavy atom. The molecule has 0 aromatic carbocycles. The number of nitrogens with one attached hydrogen (secondary N) is 1. The van der Waals surface area contributed by atoms with E-state index in [4.69, 9.17) is 16.7 Å². The lowest BCUT2D eigenvalue weighted by Gasteiger charge is -2.01. The van der Waals surface area contributed by atoms with Gasteiger partial charge in [-0.25, -0.2) is 0 Å². The summed E-state index contributed by atoms with van der Waals surface area (Å²) in [5, 5.41) is 12.6. The van der Waals surface area contributed by atoms with Crippen LogP contribution in [0.5, 0.6) is 0 Å². The monoisotopic (exact) mass is 233 g/mol. The van der Waals surface area contributed by atoms with E-state index >= 15 is 0 Å². The molecule has 0 unspecified atom stereocenters. The Labute approximate surface area is 91.7 Å². The van der Waals surface area contributed by atoms with Crippen molar-refractivity contribution in [3.8, 4) is 0 Å². The second kappa shape index (κ2) is 5.88. The zero-order valence-electron chi connectivity index (χ0n) is 7.62. The van der Waals surface area contributed by atoms with Crippen molar-refractivity contribution in [2.24, 2.45) is 0 Å². The maximum Gasteiger partial charge on any atom is 0.303 e. The first-order chi connectivity index (χ1) is 6.68. The molecule has 0 radical (unpaired) electrons.